The molecular weight excluding hydrogens is 342 g/mol. The average molecular weight is 382 g/mol. The van der Waals surface area contributed by atoms with Crippen molar-refractivity contribution in [1.29, 1.82) is 0 Å². The molecule has 2 heteroatoms. The van der Waals surface area contributed by atoms with E-state index in [0.29, 0.717) is 11.8 Å². The zero-order chi connectivity index (χ0) is 20.0. The molecule has 154 valence electrons. The standard InChI is InChI=1S/C26H39NO/c1-5-24(2)16-9-13-21-20(24)14-15-22-25(21,3)17-10-18-26(22,4)23(28)27-19-11-7-6-8-12-19/h5,11,13,20,22H,1,6-10,12,14-18H2,2-4H3,(H,27,28). The van der Waals surface area contributed by atoms with E-state index in [0.717, 1.165) is 32.1 Å². The van der Waals surface area contributed by atoms with Crippen LogP contribution in [0, 0.1) is 28.1 Å². The van der Waals surface area contributed by atoms with Crippen LogP contribution < -0.4 is 5.32 Å². The summed E-state index contributed by atoms with van der Waals surface area (Å²) in [6.45, 7) is 11.4. The van der Waals surface area contributed by atoms with Gasteiger partial charge in [0.1, 0.15) is 0 Å². The number of carbonyl (C=O) groups is 1. The Bertz CT molecular complexity index is 718. The predicted molar refractivity (Wildman–Crippen MR) is 117 cm³/mol. The summed E-state index contributed by atoms with van der Waals surface area (Å²) >= 11 is 0. The Morgan fingerprint density at radius 1 is 1.07 bits per heavy atom. The summed E-state index contributed by atoms with van der Waals surface area (Å²) in [5, 5.41) is 3.37. The van der Waals surface area contributed by atoms with Gasteiger partial charge >= 0.3 is 0 Å². The van der Waals surface area contributed by atoms with Gasteiger partial charge in [0, 0.05) is 5.70 Å². The molecule has 0 spiro atoms. The van der Waals surface area contributed by atoms with Crippen LogP contribution in [-0.2, 0) is 4.79 Å². The fourth-order valence-corrected chi connectivity index (χ4v) is 7.27. The third-order valence-electron chi connectivity index (χ3n) is 9.10. The minimum absolute atomic E-state index is 0.166. The number of hydrogen-bond acceptors (Lipinski definition) is 1. The molecular formula is C26H39NO. The van der Waals surface area contributed by atoms with E-state index in [9.17, 15) is 4.79 Å². The fraction of sp³-hybridized carbons (Fsp3) is 0.731. The van der Waals surface area contributed by atoms with Crippen LogP contribution in [0.25, 0.3) is 0 Å². The first-order chi connectivity index (χ1) is 13.3. The summed E-state index contributed by atoms with van der Waals surface area (Å²) in [6.07, 6.45) is 19.8. The Balaban J connectivity index is 1.63. The predicted octanol–water partition coefficient (Wildman–Crippen LogP) is 6.70. The summed E-state index contributed by atoms with van der Waals surface area (Å²) in [4.78, 5) is 13.5. The van der Waals surface area contributed by atoms with Crippen molar-refractivity contribution in [1.82, 2.24) is 5.32 Å². The van der Waals surface area contributed by atoms with E-state index in [1.165, 1.54) is 44.2 Å². The number of rotatable bonds is 3. The lowest BCUT2D eigenvalue weighted by atomic mass is 9.44. The fourth-order valence-electron chi connectivity index (χ4n) is 7.27. The highest BCUT2D eigenvalue weighted by atomic mass is 16.2. The van der Waals surface area contributed by atoms with Crippen LogP contribution in [0.4, 0.5) is 0 Å². The van der Waals surface area contributed by atoms with Crippen molar-refractivity contribution in [3.8, 4) is 0 Å². The van der Waals surface area contributed by atoms with Crippen LogP contribution in [-0.4, -0.2) is 5.91 Å². The highest BCUT2D eigenvalue weighted by molar-refractivity contribution is 5.84. The molecule has 0 bridgehead atoms. The first-order valence-electron chi connectivity index (χ1n) is 11.7. The molecule has 0 aromatic rings. The van der Waals surface area contributed by atoms with Gasteiger partial charge in [0.05, 0.1) is 5.41 Å². The highest BCUT2D eigenvalue weighted by Crippen LogP contribution is 2.65. The third kappa shape index (κ3) is 3.02. The van der Waals surface area contributed by atoms with Gasteiger partial charge < -0.3 is 5.32 Å². The van der Waals surface area contributed by atoms with Crippen LogP contribution in [0.1, 0.15) is 91.4 Å². The van der Waals surface area contributed by atoms with Gasteiger partial charge in [-0.1, -0.05) is 51.0 Å². The molecule has 0 heterocycles. The average Bonchev–Trinajstić information content (AvgIpc) is 2.69. The molecule has 2 fully saturated rings. The molecule has 1 N–H and O–H groups in total. The zero-order valence-electron chi connectivity index (χ0n) is 18.3. The van der Waals surface area contributed by atoms with Crippen molar-refractivity contribution in [2.75, 3.05) is 0 Å². The van der Waals surface area contributed by atoms with Gasteiger partial charge in [0.15, 0.2) is 0 Å². The van der Waals surface area contributed by atoms with Crippen LogP contribution in [0.5, 0.6) is 0 Å². The van der Waals surface area contributed by atoms with Crippen molar-refractivity contribution in [3.05, 3.63) is 36.1 Å². The summed E-state index contributed by atoms with van der Waals surface area (Å²) in [5.41, 5.74) is 2.97. The van der Waals surface area contributed by atoms with E-state index in [2.05, 4.69) is 50.9 Å². The molecule has 0 aromatic heterocycles. The Kier molecular flexibility index (Phi) is 5.13. The van der Waals surface area contributed by atoms with Crippen molar-refractivity contribution < 1.29 is 4.79 Å². The molecule has 5 unspecified atom stereocenters. The van der Waals surface area contributed by atoms with E-state index < -0.39 is 0 Å². The number of fused-ring (bicyclic) bond motifs is 3. The second-order valence-electron chi connectivity index (χ2n) is 10.7. The minimum atomic E-state index is -0.251. The van der Waals surface area contributed by atoms with Crippen molar-refractivity contribution in [2.24, 2.45) is 28.1 Å². The Labute approximate surface area is 171 Å². The van der Waals surface area contributed by atoms with Gasteiger partial charge in [0.25, 0.3) is 0 Å². The smallest absolute Gasteiger partial charge is 0.230 e. The lowest BCUT2D eigenvalue weighted by Crippen LogP contribution is -2.56. The lowest BCUT2D eigenvalue weighted by Gasteiger charge is -2.60. The monoisotopic (exact) mass is 381 g/mol. The van der Waals surface area contributed by atoms with Crippen molar-refractivity contribution in [3.63, 3.8) is 0 Å². The molecule has 0 radical (unpaired) electrons. The normalized spacial score (nSPS) is 43.1. The van der Waals surface area contributed by atoms with Gasteiger partial charge in [-0.3, -0.25) is 4.79 Å². The molecule has 0 aliphatic heterocycles. The topological polar surface area (TPSA) is 29.1 Å². The van der Waals surface area contributed by atoms with Crippen LogP contribution in [0.2, 0.25) is 0 Å². The summed E-state index contributed by atoms with van der Waals surface area (Å²) < 4.78 is 0. The molecule has 0 aromatic carbocycles. The lowest BCUT2D eigenvalue weighted by molar-refractivity contribution is -0.141. The molecule has 5 atom stereocenters. The third-order valence-corrected chi connectivity index (χ3v) is 9.10. The molecule has 4 rings (SSSR count). The summed E-state index contributed by atoms with van der Waals surface area (Å²) in [7, 11) is 0. The van der Waals surface area contributed by atoms with Crippen LogP contribution in [0.3, 0.4) is 0 Å². The van der Waals surface area contributed by atoms with Gasteiger partial charge in [-0.05, 0) is 86.9 Å². The van der Waals surface area contributed by atoms with Crippen molar-refractivity contribution in [2.45, 2.75) is 91.4 Å². The number of allylic oxidation sites excluding steroid dienone is 5. The number of nitrogens with one attached hydrogen (secondary N) is 1. The maximum atomic E-state index is 13.5. The first kappa shape index (κ1) is 20.0. The molecule has 4 aliphatic rings. The molecule has 1 amide bonds. The number of hydrogen-bond donors (Lipinski definition) is 1. The highest BCUT2D eigenvalue weighted by Gasteiger charge is 2.58. The molecule has 4 aliphatic carbocycles. The van der Waals surface area contributed by atoms with Crippen LogP contribution in [0.15, 0.2) is 36.1 Å². The van der Waals surface area contributed by atoms with E-state index >= 15 is 0 Å². The van der Waals surface area contributed by atoms with E-state index in [-0.39, 0.29) is 22.2 Å². The van der Waals surface area contributed by atoms with Gasteiger partial charge in [-0.15, -0.1) is 6.58 Å². The summed E-state index contributed by atoms with van der Waals surface area (Å²) in [6, 6.07) is 0. The molecule has 2 nitrogen and oxygen atoms in total. The van der Waals surface area contributed by atoms with E-state index in [1.807, 2.05) is 0 Å². The first-order valence-corrected chi connectivity index (χ1v) is 11.7. The second-order valence-corrected chi connectivity index (χ2v) is 10.7. The Morgan fingerprint density at radius 3 is 2.61 bits per heavy atom. The Morgan fingerprint density at radius 2 is 1.89 bits per heavy atom. The maximum absolute atomic E-state index is 13.5. The largest absolute Gasteiger partial charge is 0.330 e. The van der Waals surface area contributed by atoms with Gasteiger partial charge in [0.2, 0.25) is 5.91 Å². The van der Waals surface area contributed by atoms with Gasteiger partial charge in [-0.2, -0.15) is 0 Å². The molecule has 2 saturated carbocycles. The zero-order valence-corrected chi connectivity index (χ0v) is 18.3. The molecule has 28 heavy (non-hydrogen) atoms. The van der Waals surface area contributed by atoms with Gasteiger partial charge in [-0.25, -0.2) is 0 Å². The quantitative estimate of drug-likeness (QED) is 0.542. The van der Waals surface area contributed by atoms with E-state index in [1.54, 1.807) is 5.57 Å². The SMILES string of the molecule is C=CC1(C)CCC=C2C1CCC1C(C)(C(=O)NC3=CCCCC3)CCCC21C. The number of carbonyl (C=O) groups excluding carboxylic acids is 1. The Hall–Kier alpha value is -1.31. The van der Waals surface area contributed by atoms with Crippen LogP contribution >= 0.6 is 0 Å². The number of amides is 1. The summed E-state index contributed by atoms with van der Waals surface area (Å²) in [5.74, 6) is 1.36. The second kappa shape index (κ2) is 7.18. The minimum Gasteiger partial charge on any atom is -0.330 e. The van der Waals surface area contributed by atoms with E-state index in [4.69, 9.17) is 0 Å². The maximum Gasteiger partial charge on any atom is 0.230 e. The molecule has 0 saturated heterocycles. The van der Waals surface area contributed by atoms with Crippen molar-refractivity contribution >= 4 is 5.91 Å².